The second-order valence-electron chi connectivity index (χ2n) is 12.6. The van der Waals surface area contributed by atoms with Gasteiger partial charge in [0, 0.05) is 18.5 Å². The van der Waals surface area contributed by atoms with Crippen LogP contribution < -0.4 is 9.62 Å². The lowest BCUT2D eigenvalue weighted by molar-refractivity contribution is -0.140. The van der Waals surface area contributed by atoms with Crippen LogP contribution in [0.15, 0.2) is 108 Å². The molecule has 0 aliphatic heterocycles. The van der Waals surface area contributed by atoms with Gasteiger partial charge in [-0.15, -0.1) is 0 Å². The Hall–Kier alpha value is -4.43. The maximum absolute atomic E-state index is 14.6. The monoisotopic (exact) mass is 625 g/mol. The van der Waals surface area contributed by atoms with Crippen LogP contribution in [-0.2, 0) is 32.6 Å². The minimum atomic E-state index is -4.16. The van der Waals surface area contributed by atoms with Crippen LogP contribution in [0.25, 0.3) is 0 Å². The normalized spacial score (nSPS) is 12.3. The molecule has 1 N–H and O–H groups in total. The maximum atomic E-state index is 14.6. The first-order chi connectivity index (χ1) is 21.2. The second kappa shape index (κ2) is 14.1. The van der Waals surface area contributed by atoms with E-state index in [0.717, 1.165) is 27.8 Å². The lowest BCUT2D eigenvalue weighted by Crippen LogP contribution is -2.56. The van der Waals surface area contributed by atoms with E-state index in [1.807, 2.05) is 114 Å². The number of hydrogen-bond donors (Lipinski definition) is 1. The van der Waals surface area contributed by atoms with Gasteiger partial charge in [0.15, 0.2) is 0 Å². The zero-order chi connectivity index (χ0) is 32.8. The Morgan fingerprint density at radius 3 is 1.87 bits per heavy atom. The molecule has 0 aliphatic carbocycles. The molecular formula is C37H43N3O4S. The van der Waals surface area contributed by atoms with Crippen LogP contribution in [0.2, 0.25) is 0 Å². The standard InChI is InChI=1S/C37H43N3O4S/c1-27-17-20-32(21-18-27)45(43,44)40(33-22-19-28(2)23-29(33)3)26-35(41)39(25-31-15-11-8-12-16-31)34(36(42)38-37(4,5)6)24-30-13-9-7-10-14-30/h7-23,34H,24-26H2,1-6H3,(H,38,42)/t34-/m0/s1. The quantitative estimate of drug-likeness (QED) is 0.210. The molecule has 8 heteroatoms. The van der Waals surface area contributed by atoms with Crippen molar-refractivity contribution < 1.29 is 18.0 Å². The number of amides is 2. The summed E-state index contributed by atoms with van der Waals surface area (Å²) in [4.78, 5) is 30.1. The fourth-order valence-electron chi connectivity index (χ4n) is 5.22. The van der Waals surface area contributed by atoms with Crippen LogP contribution in [0, 0.1) is 20.8 Å². The summed E-state index contributed by atoms with van der Waals surface area (Å²) in [5.41, 5.74) is 4.19. The SMILES string of the molecule is Cc1ccc(S(=O)(=O)N(CC(=O)N(Cc2ccccc2)[C@@H](Cc2ccccc2)C(=O)NC(C)(C)C)c2ccc(C)cc2C)cc1. The van der Waals surface area contributed by atoms with E-state index in [1.54, 1.807) is 30.3 Å². The minimum Gasteiger partial charge on any atom is -0.350 e. The number of sulfonamides is 1. The molecule has 0 saturated heterocycles. The van der Waals surface area contributed by atoms with Crippen molar-refractivity contribution in [3.63, 3.8) is 0 Å². The molecule has 0 aromatic heterocycles. The molecule has 4 aromatic carbocycles. The van der Waals surface area contributed by atoms with Crippen molar-refractivity contribution >= 4 is 27.5 Å². The van der Waals surface area contributed by atoms with Gasteiger partial charge in [-0.05, 0) is 76.4 Å². The van der Waals surface area contributed by atoms with E-state index < -0.39 is 34.1 Å². The number of hydrogen-bond acceptors (Lipinski definition) is 4. The number of benzene rings is 4. The number of nitrogens with one attached hydrogen (secondary N) is 1. The van der Waals surface area contributed by atoms with Crippen molar-refractivity contribution in [2.24, 2.45) is 0 Å². The lowest BCUT2D eigenvalue weighted by Gasteiger charge is -2.35. The Kier molecular flexibility index (Phi) is 10.5. The number of carbonyl (C=O) groups excluding carboxylic acids is 2. The summed E-state index contributed by atoms with van der Waals surface area (Å²) < 4.78 is 29.7. The molecule has 4 rings (SSSR count). The molecule has 0 unspecified atom stereocenters. The maximum Gasteiger partial charge on any atom is 0.264 e. The van der Waals surface area contributed by atoms with E-state index in [9.17, 15) is 18.0 Å². The Morgan fingerprint density at radius 1 is 0.756 bits per heavy atom. The first kappa shape index (κ1) is 33.5. The third kappa shape index (κ3) is 8.82. The topological polar surface area (TPSA) is 86.8 Å². The average molecular weight is 626 g/mol. The third-order valence-electron chi connectivity index (χ3n) is 7.47. The fraction of sp³-hybridized carbons (Fsp3) is 0.297. The summed E-state index contributed by atoms with van der Waals surface area (Å²) in [5.74, 6) is -0.797. The first-order valence-corrected chi connectivity index (χ1v) is 16.5. The highest BCUT2D eigenvalue weighted by atomic mass is 32.2. The van der Waals surface area contributed by atoms with Crippen LogP contribution in [0.4, 0.5) is 5.69 Å². The van der Waals surface area contributed by atoms with Gasteiger partial charge >= 0.3 is 0 Å². The third-order valence-corrected chi connectivity index (χ3v) is 9.25. The summed E-state index contributed by atoms with van der Waals surface area (Å²) in [6.07, 6.45) is 0.260. The van der Waals surface area contributed by atoms with Gasteiger partial charge in [-0.2, -0.15) is 0 Å². The van der Waals surface area contributed by atoms with Gasteiger partial charge in [-0.3, -0.25) is 13.9 Å². The van der Waals surface area contributed by atoms with Crippen molar-refractivity contribution in [3.8, 4) is 0 Å². The summed E-state index contributed by atoms with van der Waals surface area (Å²) in [6.45, 7) is 11.0. The highest BCUT2D eigenvalue weighted by Gasteiger charge is 2.36. The van der Waals surface area contributed by atoms with Crippen molar-refractivity contribution in [1.82, 2.24) is 10.2 Å². The predicted molar refractivity (Wildman–Crippen MR) is 180 cm³/mol. The van der Waals surface area contributed by atoms with Gasteiger partial charge in [-0.1, -0.05) is 96.1 Å². The molecule has 236 valence electrons. The summed E-state index contributed by atoms with van der Waals surface area (Å²) in [6, 6.07) is 30.1. The number of anilines is 1. The molecule has 45 heavy (non-hydrogen) atoms. The smallest absolute Gasteiger partial charge is 0.264 e. The van der Waals surface area contributed by atoms with Crippen LogP contribution in [-0.4, -0.2) is 43.3 Å². The van der Waals surface area contributed by atoms with Crippen LogP contribution in [0.3, 0.4) is 0 Å². The molecule has 0 aliphatic rings. The summed E-state index contributed by atoms with van der Waals surface area (Å²) in [7, 11) is -4.16. The number of rotatable bonds is 11. The zero-order valence-corrected chi connectivity index (χ0v) is 27.8. The molecule has 7 nitrogen and oxygen atoms in total. The Labute approximate surface area is 268 Å². The predicted octanol–water partition coefficient (Wildman–Crippen LogP) is 6.36. The minimum absolute atomic E-state index is 0.0850. The Morgan fingerprint density at radius 2 is 1.31 bits per heavy atom. The van der Waals surface area contributed by atoms with Crippen molar-refractivity contribution in [2.45, 2.75) is 71.0 Å². The molecule has 0 saturated carbocycles. The van der Waals surface area contributed by atoms with Gasteiger partial charge in [-0.25, -0.2) is 8.42 Å². The molecular weight excluding hydrogens is 582 g/mol. The highest BCUT2D eigenvalue weighted by molar-refractivity contribution is 7.92. The number of carbonyl (C=O) groups is 2. The molecule has 0 radical (unpaired) electrons. The van der Waals surface area contributed by atoms with E-state index in [1.165, 1.54) is 9.21 Å². The average Bonchev–Trinajstić information content (AvgIpc) is 2.98. The molecule has 4 aromatic rings. The molecule has 0 heterocycles. The highest BCUT2D eigenvalue weighted by Crippen LogP contribution is 2.29. The molecule has 2 amide bonds. The van der Waals surface area contributed by atoms with Crippen molar-refractivity contribution in [2.75, 3.05) is 10.8 Å². The van der Waals surface area contributed by atoms with Gasteiger partial charge in [0.2, 0.25) is 11.8 Å². The van der Waals surface area contributed by atoms with Crippen molar-refractivity contribution in [3.05, 3.63) is 131 Å². The summed E-state index contributed by atoms with van der Waals surface area (Å²) >= 11 is 0. The molecule has 0 fully saturated rings. The first-order valence-electron chi connectivity index (χ1n) is 15.1. The van der Waals surface area contributed by atoms with Crippen LogP contribution in [0.5, 0.6) is 0 Å². The van der Waals surface area contributed by atoms with Crippen LogP contribution >= 0.6 is 0 Å². The lowest BCUT2D eigenvalue weighted by atomic mass is 10.0. The molecule has 0 spiro atoms. The van der Waals surface area contributed by atoms with E-state index >= 15 is 0 Å². The number of nitrogens with zero attached hydrogens (tertiary/aromatic N) is 2. The molecule has 0 bridgehead atoms. The van der Waals surface area contributed by atoms with Crippen LogP contribution in [0.1, 0.15) is 48.6 Å². The van der Waals surface area contributed by atoms with Gasteiger partial charge < -0.3 is 10.2 Å². The zero-order valence-electron chi connectivity index (χ0n) is 26.9. The van der Waals surface area contributed by atoms with Gasteiger partial charge in [0.1, 0.15) is 12.6 Å². The second-order valence-corrected chi connectivity index (χ2v) is 14.4. The Balaban J connectivity index is 1.83. The van der Waals surface area contributed by atoms with Crippen molar-refractivity contribution in [1.29, 1.82) is 0 Å². The van der Waals surface area contributed by atoms with E-state index in [0.29, 0.717) is 5.69 Å². The number of aryl methyl sites for hydroxylation is 3. The summed E-state index contributed by atoms with van der Waals surface area (Å²) in [5, 5.41) is 3.06. The van der Waals surface area contributed by atoms with Gasteiger partial charge in [0.05, 0.1) is 10.6 Å². The van der Waals surface area contributed by atoms with E-state index in [2.05, 4.69) is 5.32 Å². The van der Waals surface area contributed by atoms with E-state index in [4.69, 9.17) is 0 Å². The van der Waals surface area contributed by atoms with E-state index in [-0.39, 0.29) is 23.8 Å². The fourth-order valence-corrected chi connectivity index (χ4v) is 6.70. The molecule has 1 atom stereocenters. The largest absolute Gasteiger partial charge is 0.350 e. The van der Waals surface area contributed by atoms with Gasteiger partial charge in [0.25, 0.3) is 10.0 Å². The Bertz CT molecular complexity index is 1720.